The molecule has 0 spiro atoms. The van der Waals surface area contributed by atoms with Crippen molar-refractivity contribution in [3.05, 3.63) is 40.6 Å². The van der Waals surface area contributed by atoms with E-state index >= 15 is 0 Å². The summed E-state index contributed by atoms with van der Waals surface area (Å²) < 4.78 is 2.07. The van der Waals surface area contributed by atoms with Gasteiger partial charge >= 0.3 is 0 Å². The van der Waals surface area contributed by atoms with Gasteiger partial charge in [0.25, 0.3) is 5.69 Å². The number of benzene rings is 1. The smallest absolute Gasteiger partial charge is 0.270 e. The first kappa shape index (κ1) is 15.0. The first-order chi connectivity index (χ1) is 10.1. The summed E-state index contributed by atoms with van der Waals surface area (Å²) in [5.41, 5.74) is 3.20. The van der Waals surface area contributed by atoms with Gasteiger partial charge in [-0.15, -0.1) is 0 Å². The number of nitro benzene ring substituents is 1. The van der Waals surface area contributed by atoms with E-state index in [0.29, 0.717) is 6.42 Å². The number of nitrogens with two attached hydrogens (primary N) is 1. The number of hydrogen-bond donors (Lipinski definition) is 2. The monoisotopic (exact) mass is 290 g/mol. The van der Waals surface area contributed by atoms with E-state index in [0.717, 1.165) is 36.7 Å². The van der Waals surface area contributed by atoms with Gasteiger partial charge in [0.05, 0.1) is 4.92 Å². The molecule has 112 valence electrons. The third-order valence-corrected chi connectivity index (χ3v) is 3.43. The third kappa shape index (κ3) is 3.79. The van der Waals surface area contributed by atoms with E-state index in [9.17, 15) is 14.9 Å². The molecular formula is C14H18N4O3. The van der Waals surface area contributed by atoms with E-state index < -0.39 is 0 Å². The molecule has 7 nitrogen and oxygen atoms in total. The zero-order valence-corrected chi connectivity index (χ0v) is 11.6. The molecule has 21 heavy (non-hydrogen) atoms. The van der Waals surface area contributed by atoms with Crippen molar-refractivity contribution in [2.24, 2.45) is 5.84 Å². The van der Waals surface area contributed by atoms with E-state index in [-0.39, 0.29) is 16.5 Å². The lowest BCUT2D eigenvalue weighted by Gasteiger charge is -2.05. The third-order valence-electron chi connectivity index (χ3n) is 3.43. The number of carbonyl (C=O) groups is 1. The van der Waals surface area contributed by atoms with Gasteiger partial charge in [-0.25, -0.2) is 5.84 Å². The fourth-order valence-corrected chi connectivity index (χ4v) is 2.31. The Morgan fingerprint density at radius 1 is 1.29 bits per heavy atom. The number of carbonyl (C=O) groups excluding carboxylic acids is 1. The maximum absolute atomic E-state index is 11.0. The normalized spacial score (nSPS) is 10.7. The summed E-state index contributed by atoms with van der Waals surface area (Å²) in [4.78, 5) is 21.3. The number of nitrogens with zero attached hydrogens (tertiary/aromatic N) is 2. The number of nitrogens with one attached hydrogen (secondary N) is 1. The van der Waals surface area contributed by atoms with Crippen LogP contribution in [-0.2, 0) is 11.3 Å². The van der Waals surface area contributed by atoms with Gasteiger partial charge in [-0.05, 0) is 25.0 Å². The van der Waals surface area contributed by atoms with Crippen molar-refractivity contribution >= 4 is 22.5 Å². The molecule has 1 amide bonds. The Labute approximate surface area is 121 Å². The molecule has 0 aliphatic rings. The Hall–Kier alpha value is -2.41. The topological polar surface area (TPSA) is 103 Å². The minimum atomic E-state index is -0.390. The van der Waals surface area contributed by atoms with Crippen LogP contribution in [0.4, 0.5) is 5.69 Å². The average Bonchev–Trinajstić information content (AvgIpc) is 2.89. The molecule has 7 heteroatoms. The molecule has 0 saturated heterocycles. The highest BCUT2D eigenvalue weighted by atomic mass is 16.6. The molecule has 0 atom stereocenters. The van der Waals surface area contributed by atoms with E-state index in [1.807, 2.05) is 12.3 Å². The predicted octanol–water partition coefficient (Wildman–Crippen LogP) is 2.10. The SMILES string of the molecule is NNC(=O)CCCCCn1ccc2cc([N+](=O)[O-])ccc21. The van der Waals surface area contributed by atoms with E-state index in [2.05, 4.69) is 9.99 Å². The van der Waals surface area contributed by atoms with Gasteiger partial charge in [0, 0.05) is 42.2 Å². The minimum Gasteiger partial charge on any atom is -0.347 e. The zero-order valence-electron chi connectivity index (χ0n) is 11.6. The minimum absolute atomic E-state index is 0.105. The second-order valence-electron chi connectivity index (χ2n) is 4.89. The quantitative estimate of drug-likeness (QED) is 0.268. The highest BCUT2D eigenvalue weighted by Crippen LogP contribution is 2.22. The number of aromatic nitrogens is 1. The lowest BCUT2D eigenvalue weighted by atomic mass is 10.2. The number of nitro groups is 1. The molecular weight excluding hydrogens is 272 g/mol. The molecule has 1 heterocycles. The second-order valence-corrected chi connectivity index (χ2v) is 4.89. The summed E-state index contributed by atoms with van der Waals surface area (Å²) in [5, 5.41) is 11.6. The van der Waals surface area contributed by atoms with Crippen molar-refractivity contribution in [2.75, 3.05) is 0 Å². The number of hydrogen-bond acceptors (Lipinski definition) is 4. The summed E-state index contributed by atoms with van der Waals surface area (Å²) in [6, 6.07) is 6.75. The van der Waals surface area contributed by atoms with Crippen molar-refractivity contribution < 1.29 is 9.72 Å². The maximum Gasteiger partial charge on any atom is 0.270 e. The van der Waals surface area contributed by atoms with Crippen molar-refractivity contribution in [1.82, 2.24) is 9.99 Å². The molecule has 0 aliphatic carbocycles. The van der Waals surface area contributed by atoms with Crippen LogP contribution in [0.25, 0.3) is 10.9 Å². The van der Waals surface area contributed by atoms with Gasteiger partial charge in [-0.3, -0.25) is 20.3 Å². The Balaban J connectivity index is 1.91. The Kier molecular flexibility index (Phi) is 4.89. The molecule has 2 aromatic rings. The van der Waals surface area contributed by atoms with Gasteiger partial charge in [0.2, 0.25) is 5.91 Å². The number of fused-ring (bicyclic) bond motifs is 1. The van der Waals surface area contributed by atoms with Gasteiger partial charge in [-0.1, -0.05) is 6.42 Å². The van der Waals surface area contributed by atoms with Crippen LogP contribution in [0, 0.1) is 10.1 Å². The molecule has 0 saturated carbocycles. The van der Waals surface area contributed by atoms with Crippen molar-refractivity contribution in [1.29, 1.82) is 0 Å². The van der Waals surface area contributed by atoms with Crippen LogP contribution in [0.15, 0.2) is 30.5 Å². The van der Waals surface area contributed by atoms with Crippen LogP contribution < -0.4 is 11.3 Å². The van der Waals surface area contributed by atoms with Gasteiger partial charge in [0.1, 0.15) is 0 Å². The molecule has 2 rings (SSSR count). The first-order valence-electron chi connectivity index (χ1n) is 6.84. The average molecular weight is 290 g/mol. The van der Waals surface area contributed by atoms with Crippen LogP contribution in [0.1, 0.15) is 25.7 Å². The van der Waals surface area contributed by atoms with Gasteiger partial charge in [-0.2, -0.15) is 0 Å². The van der Waals surface area contributed by atoms with Gasteiger partial charge in [0.15, 0.2) is 0 Å². The predicted molar refractivity (Wildman–Crippen MR) is 79.4 cm³/mol. The van der Waals surface area contributed by atoms with Gasteiger partial charge < -0.3 is 4.57 Å². The second kappa shape index (κ2) is 6.85. The van der Waals surface area contributed by atoms with E-state index in [1.54, 1.807) is 12.1 Å². The standard InChI is InChI=1S/C14H18N4O3/c15-16-14(19)4-2-1-3-8-17-9-7-11-10-12(18(20)21)5-6-13(11)17/h5-7,9-10H,1-4,8,15H2,(H,16,19). The molecule has 0 fully saturated rings. The molecule has 0 radical (unpaired) electrons. The zero-order chi connectivity index (χ0) is 15.2. The number of aryl methyl sites for hydroxylation is 1. The van der Waals surface area contributed by atoms with Crippen LogP contribution >= 0.6 is 0 Å². The van der Waals surface area contributed by atoms with Crippen molar-refractivity contribution in [3.63, 3.8) is 0 Å². The summed E-state index contributed by atoms with van der Waals surface area (Å²) >= 11 is 0. The summed E-state index contributed by atoms with van der Waals surface area (Å²) in [7, 11) is 0. The fourth-order valence-electron chi connectivity index (χ4n) is 2.31. The van der Waals surface area contributed by atoms with E-state index in [4.69, 9.17) is 5.84 Å². The van der Waals surface area contributed by atoms with E-state index in [1.165, 1.54) is 6.07 Å². The number of unbranched alkanes of at least 4 members (excludes halogenated alkanes) is 2. The van der Waals surface area contributed by atoms with Crippen LogP contribution in [0.3, 0.4) is 0 Å². The molecule has 0 aliphatic heterocycles. The largest absolute Gasteiger partial charge is 0.347 e. The van der Waals surface area contributed by atoms with Crippen LogP contribution in [0.5, 0.6) is 0 Å². The number of hydrazine groups is 1. The van der Waals surface area contributed by atoms with Crippen LogP contribution in [-0.4, -0.2) is 15.4 Å². The first-order valence-corrected chi connectivity index (χ1v) is 6.84. The Morgan fingerprint density at radius 2 is 2.10 bits per heavy atom. The summed E-state index contributed by atoms with van der Waals surface area (Å²) in [6.45, 7) is 0.825. The summed E-state index contributed by atoms with van der Waals surface area (Å²) in [5.74, 6) is 4.86. The number of rotatable bonds is 7. The van der Waals surface area contributed by atoms with Crippen molar-refractivity contribution in [2.45, 2.75) is 32.2 Å². The van der Waals surface area contributed by atoms with Crippen molar-refractivity contribution in [3.8, 4) is 0 Å². The number of amides is 1. The molecule has 3 N–H and O–H groups in total. The molecule has 0 unspecified atom stereocenters. The molecule has 0 bridgehead atoms. The summed E-state index contributed by atoms with van der Waals surface area (Å²) in [6.07, 6.45) is 5.04. The Morgan fingerprint density at radius 3 is 2.81 bits per heavy atom. The lowest BCUT2D eigenvalue weighted by Crippen LogP contribution is -2.29. The fraction of sp³-hybridized carbons (Fsp3) is 0.357. The van der Waals surface area contributed by atoms with Crippen LogP contribution in [0.2, 0.25) is 0 Å². The highest BCUT2D eigenvalue weighted by Gasteiger charge is 2.08. The number of non-ortho nitro benzene ring substituents is 1. The highest BCUT2D eigenvalue weighted by molar-refractivity contribution is 5.82. The lowest BCUT2D eigenvalue weighted by molar-refractivity contribution is -0.384. The Bertz CT molecular complexity index is 651. The maximum atomic E-state index is 11.0. The molecule has 1 aromatic carbocycles. The molecule has 1 aromatic heterocycles.